The van der Waals surface area contributed by atoms with Crippen LogP contribution in [0, 0.1) is 15.9 Å². The SMILES string of the molecule is O=C1CCC(Nc2cc(Cl)c(F)cc2[N+](=O)[O-])C(=O)N1. The molecule has 2 rings (SSSR count). The molecule has 1 unspecified atom stereocenters. The number of benzene rings is 1. The second-order valence-electron chi connectivity index (χ2n) is 4.19. The van der Waals surface area contributed by atoms with E-state index in [0.29, 0.717) is 6.07 Å². The molecule has 2 amide bonds. The van der Waals surface area contributed by atoms with Crippen LogP contribution in [0.5, 0.6) is 0 Å². The van der Waals surface area contributed by atoms with Crippen molar-refractivity contribution in [3.8, 4) is 0 Å². The van der Waals surface area contributed by atoms with Crippen LogP contribution in [-0.2, 0) is 9.59 Å². The molecule has 1 fully saturated rings. The van der Waals surface area contributed by atoms with Crippen molar-refractivity contribution >= 4 is 34.8 Å². The van der Waals surface area contributed by atoms with Gasteiger partial charge in [-0.3, -0.25) is 25.0 Å². The number of piperidine rings is 1. The Morgan fingerprint density at radius 2 is 2.15 bits per heavy atom. The highest BCUT2D eigenvalue weighted by Crippen LogP contribution is 2.31. The topological polar surface area (TPSA) is 101 Å². The van der Waals surface area contributed by atoms with Gasteiger partial charge in [-0.05, 0) is 12.5 Å². The summed E-state index contributed by atoms with van der Waals surface area (Å²) < 4.78 is 13.2. The number of anilines is 1. The van der Waals surface area contributed by atoms with E-state index in [2.05, 4.69) is 10.6 Å². The van der Waals surface area contributed by atoms with E-state index < -0.39 is 34.3 Å². The lowest BCUT2D eigenvalue weighted by atomic mass is 10.1. The van der Waals surface area contributed by atoms with Crippen LogP contribution in [0.3, 0.4) is 0 Å². The molecule has 1 aliphatic heterocycles. The van der Waals surface area contributed by atoms with E-state index in [-0.39, 0.29) is 23.6 Å². The van der Waals surface area contributed by atoms with Crippen molar-refractivity contribution < 1.29 is 18.9 Å². The zero-order chi connectivity index (χ0) is 14.9. The minimum Gasteiger partial charge on any atom is -0.368 e. The monoisotopic (exact) mass is 301 g/mol. The maximum Gasteiger partial charge on any atom is 0.295 e. The summed E-state index contributed by atoms with van der Waals surface area (Å²) in [7, 11) is 0. The van der Waals surface area contributed by atoms with E-state index in [9.17, 15) is 24.1 Å². The molecule has 1 aromatic carbocycles. The van der Waals surface area contributed by atoms with Crippen LogP contribution in [0.2, 0.25) is 5.02 Å². The van der Waals surface area contributed by atoms with E-state index in [4.69, 9.17) is 11.6 Å². The largest absolute Gasteiger partial charge is 0.368 e. The molecule has 1 heterocycles. The maximum absolute atomic E-state index is 13.2. The van der Waals surface area contributed by atoms with Crippen molar-refractivity contribution in [1.29, 1.82) is 0 Å². The zero-order valence-corrected chi connectivity index (χ0v) is 10.7. The van der Waals surface area contributed by atoms with Crippen LogP contribution >= 0.6 is 11.6 Å². The average Bonchev–Trinajstić information content (AvgIpc) is 2.36. The molecule has 1 aromatic rings. The van der Waals surface area contributed by atoms with Gasteiger partial charge in [0.1, 0.15) is 17.5 Å². The molecule has 0 radical (unpaired) electrons. The lowest BCUT2D eigenvalue weighted by Gasteiger charge is -2.22. The van der Waals surface area contributed by atoms with Crippen molar-refractivity contribution in [2.45, 2.75) is 18.9 Å². The van der Waals surface area contributed by atoms with Gasteiger partial charge >= 0.3 is 0 Å². The van der Waals surface area contributed by atoms with Gasteiger partial charge in [0.05, 0.1) is 16.0 Å². The maximum atomic E-state index is 13.2. The van der Waals surface area contributed by atoms with E-state index in [0.717, 1.165) is 6.07 Å². The van der Waals surface area contributed by atoms with Crippen LogP contribution in [-0.4, -0.2) is 22.8 Å². The molecule has 106 valence electrons. The van der Waals surface area contributed by atoms with Gasteiger partial charge in [0.25, 0.3) is 5.69 Å². The van der Waals surface area contributed by atoms with Gasteiger partial charge in [0.15, 0.2) is 0 Å². The first-order chi connectivity index (χ1) is 9.38. The van der Waals surface area contributed by atoms with Gasteiger partial charge in [-0.1, -0.05) is 11.6 Å². The molecule has 0 aliphatic carbocycles. The van der Waals surface area contributed by atoms with Gasteiger partial charge in [0, 0.05) is 6.42 Å². The fourth-order valence-electron chi connectivity index (χ4n) is 1.82. The number of amides is 2. The van der Waals surface area contributed by atoms with Gasteiger partial charge in [0.2, 0.25) is 11.8 Å². The lowest BCUT2D eigenvalue weighted by Crippen LogP contribution is -2.47. The molecular formula is C11H9ClFN3O4. The number of halogens is 2. The molecule has 0 saturated carbocycles. The van der Waals surface area contributed by atoms with E-state index in [1.54, 1.807) is 0 Å². The van der Waals surface area contributed by atoms with Crippen LogP contribution in [0.25, 0.3) is 0 Å². The summed E-state index contributed by atoms with van der Waals surface area (Å²) in [6.45, 7) is 0. The van der Waals surface area contributed by atoms with Crippen molar-refractivity contribution in [2.24, 2.45) is 0 Å². The Kier molecular flexibility index (Phi) is 3.84. The number of imide groups is 1. The first-order valence-corrected chi connectivity index (χ1v) is 6.00. The smallest absolute Gasteiger partial charge is 0.295 e. The molecule has 0 aromatic heterocycles. The number of nitro groups is 1. The standard InChI is InChI=1S/C11H9ClFN3O4/c12-5-3-8(9(16(19)20)4-6(5)13)14-7-1-2-10(17)15-11(7)18/h3-4,7,14H,1-2H2,(H,15,17,18). The lowest BCUT2D eigenvalue weighted by molar-refractivity contribution is -0.384. The van der Waals surface area contributed by atoms with Gasteiger partial charge in [-0.2, -0.15) is 0 Å². The van der Waals surface area contributed by atoms with E-state index in [1.807, 2.05) is 0 Å². The summed E-state index contributed by atoms with van der Waals surface area (Å²) in [6, 6.07) is 0.905. The van der Waals surface area contributed by atoms with Crippen LogP contribution < -0.4 is 10.6 Å². The van der Waals surface area contributed by atoms with Crippen molar-refractivity contribution in [2.75, 3.05) is 5.32 Å². The number of hydrogen-bond acceptors (Lipinski definition) is 5. The number of rotatable bonds is 3. The number of nitrogens with one attached hydrogen (secondary N) is 2. The van der Waals surface area contributed by atoms with Crippen molar-refractivity contribution in [3.63, 3.8) is 0 Å². The third-order valence-corrected chi connectivity index (χ3v) is 3.09. The van der Waals surface area contributed by atoms with Crippen LogP contribution in [0.4, 0.5) is 15.8 Å². The van der Waals surface area contributed by atoms with Crippen LogP contribution in [0.1, 0.15) is 12.8 Å². The molecule has 0 spiro atoms. The molecule has 20 heavy (non-hydrogen) atoms. The predicted molar refractivity (Wildman–Crippen MR) is 67.9 cm³/mol. The molecule has 7 nitrogen and oxygen atoms in total. The van der Waals surface area contributed by atoms with E-state index >= 15 is 0 Å². The highest BCUT2D eigenvalue weighted by molar-refractivity contribution is 6.31. The van der Waals surface area contributed by atoms with E-state index in [1.165, 1.54) is 0 Å². The summed E-state index contributed by atoms with van der Waals surface area (Å²) in [5.41, 5.74) is -0.604. The van der Waals surface area contributed by atoms with Gasteiger partial charge in [-0.15, -0.1) is 0 Å². The fraction of sp³-hybridized carbons (Fsp3) is 0.273. The number of carbonyl (C=O) groups is 2. The summed E-state index contributed by atoms with van der Waals surface area (Å²) >= 11 is 5.58. The second kappa shape index (κ2) is 5.41. The van der Waals surface area contributed by atoms with Gasteiger partial charge in [-0.25, -0.2) is 4.39 Å². The highest BCUT2D eigenvalue weighted by Gasteiger charge is 2.29. The number of hydrogen-bond donors (Lipinski definition) is 2. The summed E-state index contributed by atoms with van der Waals surface area (Å²) in [5, 5.41) is 15.3. The second-order valence-corrected chi connectivity index (χ2v) is 4.60. The minimum absolute atomic E-state index is 0.0732. The molecule has 1 aliphatic rings. The average molecular weight is 302 g/mol. The predicted octanol–water partition coefficient (Wildman–Crippen LogP) is 1.60. The van der Waals surface area contributed by atoms with Gasteiger partial charge < -0.3 is 5.32 Å². The molecule has 2 N–H and O–H groups in total. The molecular weight excluding hydrogens is 293 g/mol. The van der Waals surface area contributed by atoms with Crippen molar-refractivity contribution in [1.82, 2.24) is 5.32 Å². The molecule has 1 saturated heterocycles. The highest BCUT2D eigenvalue weighted by atomic mass is 35.5. The quantitative estimate of drug-likeness (QED) is 0.501. The minimum atomic E-state index is -0.924. The Hall–Kier alpha value is -2.22. The Balaban J connectivity index is 2.29. The third-order valence-electron chi connectivity index (χ3n) is 2.80. The van der Waals surface area contributed by atoms with Crippen LogP contribution in [0.15, 0.2) is 12.1 Å². The van der Waals surface area contributed by atoms with Crippen molar-refractivity contribution in [3.05, 3.63) is 33.1 Å². The Bertz CT molecular complexity index is 608. The first kappa shape index (κ1) is 14.2. The Morgan fingerprint density at radius 1 is 1.45 bits per heavy atom. The summed E-state index contributed by atoms with van der Waals surface area (Å²) in [6.07, 6.45) is 0.308. The zero-order valence-electron chi connectivity index (χ0n) is 9.98. The summed E-state index contributed by atoms with van der Waals surface area (Å²) in [4.78, 5) is 32.7. The Morgan fingerprint density at radius 3 is 2.75 bits per heavy atom. The number of carbonyl (C=O) groups excluding carboxylic acids is 2. The number of nitro benzene ring substituents is 1. The normalized spacial score (nSPS) is 18.6. The Labute approximate surface area is 117 Å². The number of nitrogens with zero attached hydrogens (tertiary/aromatic N) is 1. The fourth-order valence-corrected chi connectivity index (χ4v) is 1.99. The molecule has 1 atom stereocenters. The molecule has 0 bridgehead atoms. The first-order valence-electron chi connectivity index (χ1n) is 5.62. The third kappa shape index (κ3) is 2.85. The summed E-state index contributed by atoms with van der Waals surface area (Å²) in [5.74, 6) is -1.91. The molecule has 9 heteroatoms.